The molecule has 0 aromatic carbocycles. The second-order valence-corrected chi connectivity index (χ2v) is 6.47. The smallest absolute Gasteiger partial charge is 0.261 e. The Kier molecular flexibility index (Phi) is 3.52. The predicted molar refractivity (Wildman–Crippen MR) is 78.6 cm³/mol. The molecule has 2 aromatic heterocycles. The average Bonchev–Trinajstić information content (AvgIpc) is 3.06. The third-order valence-electron chi connectivity index (χ3n) is 3.76. The van der Waals surface area contributed by atoms with Crippen LogP contribution in [0.4, 0.5) is 5.00 Å². The van der Waals surface area contributed by atoms with E-state index in [0.29, 0.717) is 11.7 Å². The molecule has 2 aromatic rings. The highest BCUT2D eigenvalue weighted by atomic mass is 32.1. The van der Waals surface area contributed by atoms with Crippen LogP contribution < -0.4 is 5.73 Å². The molecule has 20 heavy (non-hydrogen) atoms. The highest BCUT2D eigenvalue weighted by molar-refractivity contribution is 7.16. The zero-order valence-corrected chi connectivity index (χ0v) is 12.6. The van der Waals surface area contributed by atoms with E-state index in [1.807, 2.05) is 13.0 Å². The molecular weight excluding hydrogens is 274 g/mol. The fraction of sp³-hybridized carbons (Fsp3) is 0.571. The number of thiophene rings is 1. The van der Waals surface area contributed by atoms with Gasteiger partial charge in [0.25, 0.3) is 5.89 Å². The zero-order chi connectivity index (χ0) is 14.2. The number of aryl methyl sites for hydroxylation is 1. The summed E-state index contributed by atoms with van der Waals surface area (Å²) in [7, 11) is 0. The number of nitrogen functional groups attached to an aromatic ring is 1. The van der Waals surface area contributed by atoms with Crippen molar-refractivity contribution < 1.29 is 9.26 Å². The standard InChI is InChI=1S/C14H19N3O2S/c1-3-9-8-10(11(15)20-9)12-16-13(17-19-12)14(2)6-4-5-7-18-14/h8H,3-7,15H2,1-2H3. The maximum absolute atomic E-state index is 6.03. The van der Waals surface area contributed by atoms with Crippen LogP contribution in [0.5, 0.6) is 0 Å². The van der Waals surface area contributed by atoms with Gasteiger partial charge in [0.1, 0.15) is 5.60 Å². The van der Waals surface area contributed by atoms with E-state index in [2.05, 4.69) is 17.1 Å². The SMILES string of the molecule is CCc1cc(-c2nc(C3(C)CCCCO3)no2)c(N)s1. The van der Waals surface area contributed by atoms with E-state index in [-0.39, 0.29) is 0 Å². The minimum atomic E-state index is -0.432. The summed E-state index contributed by atoms with van der Waals surface area (Å²) in [5.74, 6) is 1.11. The van der Waals surface area contributed by atoms with Crippen LogP contribution in [0.2, 0.25) is 0 Å². The van der Waals surface area contributed by atoms with Gasteiger partial charge in [0.15, 0.2) is 0 Å². The van der Waals surface area contributed by atoms with E-state index in [0.717, 1.165) is 42.9 Å². The van der Waals surface area contributed by atoms with Crippen LogP contribution in [0.3, 0.4) is 0 Å². The lowest BCUT2D eigenvalue weighted by Crippen LogP contribution is -2.31. The Labute approximate surface area is 122 Å². The first-order valence-corrected chi connectivity index (χ1v) is 7.81. The maximum atomic E-state index is 6.03. The topological polar surface area (TPSA) is 74.2 Å². The Morgan fingerprint density at radius 2 is 2.30 bits per heavy atom. The molecule has 0 bridgehead atoms. The van der Waals surface area contributed by atoms with Gasteiger partial charge in [0.05, 0.1) is 10.6 Å². The molecule has 0 saturated carbocycles. The molecule has 5 nitrogen and oxygen atoms in total. The highest BCUT2D eigenvalue weighted by Gasteiger charge is 2.35. The van der Waals surface area contributed by atoms with Crippen molar-refractivity contribution in [2.45, 2.75) is 45.1 Å². The Bertz CT molecular complexity index is 599. The van der Waals surface area contributed by atoms with Gasteiger partial charge in [-0.2, -0.15) is 4.98 Å². The maximum Gasteiger partial charge on any atom is 0.261 e. The monoisotopic (exact) mass is 293 g/mol. The Balaban J connectivity index is 1.91. The number of anilines is 1. The van der Waals surface area contributed by atoms with Gasteiger partial charge in [-0.15, -0.1) is 11.3 Å². The van der Waals surface area contributed by atoms with Crippen LogP contribution in [0.25, 0.3) is 11.5 Å². The molecule has 0 aliphatic carbocycles. The summed E-state index contributed by atoms with van der Waals surface area (Å²) in [5, 5.41) is 4.83. The van der Waals surface area contributed by atoms with Crippen molar-refractivity contribution in [1.29, 1.82) is 0 Å². The molecule has 108 valence electrons. The van der Waals surface area contributed by atoms with Crippen molar-refractivity contribution >= 4 is 16.3 Å². The van der Waals surface area contributed by atoms with Crippen molar-refractivity contribution in [2.75, 3.05) is 12.3 Å². The van der Waals surface area contributed by atoms with Crippen LogP contribution in [0, 0.1) is 0 Å². The summed E-state index contributed by atoms with van der Waals surface area (Å²) in [6, 6.07) is 2.03. The summed E-state index contributed by atoms with van der Waals surface area (Å²) in [6.07, 6.45) is 4.10. The average molecular weight is 293 g/mol. The summed E-state index contributed by atoms with van der Waals surface area (Å²) in [4.78, 5) is 5.73. The lowest BCUT2D eigenvalue weighted by Gasteiger charge is -2.30. The van der Waals surface area contributed by atoms with Gasteiger partial charge in [-0.1, -0.05) is 12.1 Å². The third-order valence-corrected chi connectivity index (χ3v) is 4.87. The van der Waals surface area contributed by atoms with Gasteiger partial charge in [-0.3, -0.25) is 0 Å². The van der Waals surface area contributed by atoms with Crippen LogP contribution in [0.1, 0.15) is 43.8 Å². The summed E-state index contributed by atoms with van der Waals surface area (Å²) in [5.41, 5.74) is 6.43. The van der Waals surface area contributed by atoms with Gasteiger partial charge in [0, 0.05) is 11.5 Å². The second-order valence-electron chi connectivity index (χ2n) is 5.30. The van der Waals surface area contributed by atoms with Gasteiger partial charge in [-0.05, 0) is 38.7 Å². The normalized spacial score (nSPS) is 23.1. The molecule has 3 rings (SSSR count). The fourth-order valence-corrected chi connectivity index (χ4v) is 3.32. The van der Waals surface area contributed by atoms with E-state index in [1.54, 1.807) is 11.3 Å². The van der Waals surface area contributed by atoms with Crippen molar-refractivity contribution in [1.82, 2.24) is 10.1 Å². The molecule has 2 N–H and O–H groups in total. The number of aromatic nitrogens is 2. The van der Waals surface area contributed by atoms with Crippen LogP contribution >= 0.6 is 11.3 Å². The van der Waals surface area contributed by atoms with E-state index >= 15 is 0 Å². The molecule has 3 heterocycles. The van der Waals surface area contributed by atoms with Gasteiger partial charge in [0.2, 0.25) is 5.82 Å². The second kappa shape index (κ2) is 5.18. The van der Waals surface area contributed by atoms with Crippen LogP contribution in [-0.2, 0) is 16.8 Å². The van der Waals surface area contributed by atoms with E-state index in [1.165, 1.54) is 4.88 Å². The first kappa shape index (κ1) is 13.6. The lowest BCUT2D eigenvalue weighted by molar-refractivity contribution is -0.0770. The third kappa shape index (κ3) is 2.33. The minimum Gasteiger partial charge on any atom is -0.390 e. The van der Waals surface area contributed by atoms with Crippen molar-refractivity contribution in [2.24, 2.45) is 0 Å². The number of ether oxygens (including phenoxy) is 1. The molecule has 0 amide bonds. The van der Waals surface area contributed by atoms with E-state index in [4.69, 9.17) is 15.0 Å². The molecule has 1 saturated heterocycles. The zero-order valence-electron chi connectivity index (χ0n) is 11.8. The Morgan fingerprint density at radius 3 is 2.95 bits per heavy atom. The summed E-state index contributed by atoms with van der Waals surface area (Å²) < 4.78 is 11.2. The number of hydrogen-bond donors (Lipinski definition) is 1. The van der Waals surface area contributed by atoms with E-state index < -0.39 is 5.60 Å². The van der Waals surface area contributed by atoms with Crippen LogP contribution in [0.15, 0.2) is 10.6 Å². The molecule has 1 aliphatic heterocycles. The van der Waals surface area contributed by atoms with Crippen LogP contribution in [-0.4, -0.2) is 16.7 Å². The Hall–Kier alpha value is -1.40. The molecule has 6 heteroatoms. The quantitative estimate of drug-likeness (QED) is 0.939. The number of rotatable bonds is 3. The Morgan fingerprint density at radius 1 is 1.45 bits per heavy atom. The minimum absolute atomic E-state index is 0.432. The number of nitrogens with zero attached hydrogens (tertiary/aromatic N) is 2. The van der Waals surface area contributed by atoms with E-state index in [9.17, 15) is 0 Å². The molecular formula is C14H19N3O2S. The van der Waals surface area contributed by atoms with Crippen molar-refractivity contribution in [3.8, 4) is 11.5 Å². The predicted octanol–water partition coefficient (Wildman–Crippen LogP) is 3.36. The van der Waals surface area contributed by atoms with Crippen molar-refractivity contribution in [3.05, 3.63) is 16.8 Å². The molecule has 1 fully saturated rings. The molecule has 1 unspecified atom stereocenters. The first-order chi connectivity index (χ1) is 9.62. The molecule has 1 aliphatic rings. The fourth-order valence-electron chi connectivity index (χ4n) is 2.46. The summed E-state index contributed by atoms with van der Waals surface area (Å²) in [6.45, 7) is 4.88. The van der Waals surface area contributed by atoms with Gasteiger partial charge >= 0.3 is 0 Å². The lowest BCUT2D eigenvalue weighted by atomic mass is 9.95. The highest BCUT2D eigenvalue weighted by Crippen LogP contribution is 2.37. The molecule has 0 spiro atoms. The van der Waals surface area contributed by atoms with Crippen molar-refractivity contribution in [3.63, 3.8) is 0 Å². The first-order valence-electron chi connectivity index (χ1n) is 6.99. The molecule has 1 atom stereocenters. The molecule has 0 radical (unpaired) electrons. The largest absolute Gasteiger partial charge is 0.390 e. The number of hydrogen-bond acceptors (Lipinski definition) is 6. The number of nitrogens with two attached hydrogens (primary N) is 1. The van der Waals surface area contributed by atoms with Gasteiger partial charge in [-0.25, -0.2) is 0 Å². The summed E-state index contributed by atoms with van der Waals surface area (Å²) >= 11 is 1.57. The van der Waals surface area contributed by atoms with Gasteiger partial charge < -0.3 is 15.0 Å².